The summed E-state index contributed by atoms with van der Waals surface area (Å²) in [4.78, 5) is 12.2. The SMILES string of the molecule is C[SiH2]CCCOC(=O)C(C)C[Si]1(C)O[SiH](C)O[SiH](C)O[SiH](C)O1. The minimum absolute atomic E-state index is 0.0559. The van der Waals surface area contributed by atoms with Crippen molar-refractivity contribution in [1.29, 1.82) is 0 Å². The van der Waals surface area contributed by atoms with Crippen LogP contribution in [0.5, 0.6) is 0 Å². The first-order valence-electron chi connectivity index (χ1n) is 8.59. The third-order valence-electron chi connectivity index (χ3n) is 3.67. The molecular weight excluding hydrogens is 381 g/mol. The summed E-state index contributed by atoms with van der Waals surface area (Å²) < 4.78 is 29.6. The Morgan fingerprint density at radius 3 is 2.26 bits per heavy atom. The zero-order chi connectivity index (χ0) is 17.5. The van der Waals surface area contributed by atoms with Gasteiger partial charge in [-0.1, -0.05) is 19.5 Å². The smallest absolute Gasteiger partial charge is 0.317 e. The molecule has 3 unspecified atom stereocenters. The summed E-state index contributed by atoms with van der Waals surface area (Å²) in [6.45, 7) is 12.8. The molecule has 0 N–H and O–H groups in total. The number of ether oxygens (including phenoxy) is 1. The van der Waals surface area contributed by atoms with Crippen LogP contribution in [-0.2, 0) is 26.0 Å². The van der Waals surface area contributed by atoms with Crippen molar-refractivity contribution in [3.05, 3.63) is 0 Å². The predicted octanol–water partition coefficient (Wildman–Crippen LogP) is 0.894. The fourth-order valence-corrected chi connectivity index (χ4v) is 18.4. The van der Waals surface area contributed by atoms with E-state index in [0.29, 0.717) is 12.7 Å². The van der Waals surface area contributed by atoms with E-state index in [9.17, 15) is 4.79 Å². The van der Waals surface area contributed by atoms with Crippen LogP contribution in [0.4, 0.5) is 0 Å². The minimum Gasteiger partial charge on any atom is -0.465 e. The first-order chi connectivity index (χ1) is 10.8. The minimum atomic E-state index is -2.45. The molecule has 0 radical (unpaired) electrons. The topological polar surface area (TPSA) is 63.2 Å². The maximum atomic E-state index is 12.2. The van der Waals surface area contributed by atoms with Crippen LogP contribution in [0.15, 0.2) is 0 Å². The highest BCUT2D eigenvalue weighted by Gasteiger charge is 2.42. The second-order valence-electron chi connectivity index (χ2n) is 6.32. The molecule has 1 heterocycles. The van der Waals surface area contributed by atoms with Gasteiger partial charge in [0.25, 0.3) is 27.9 Å². The number of esters is 1. The zero-order valence-corrected chi connectivity index (χ0v) is 21.2. The van der Waals surface area contributed by atoms with Crippen LogP contribution in [0.1, 0.15) is 13.3 Å². The summed E-state index contributed by atoms with van der Waals surface area (Å²) in [7, 11) is -7.52. The lowest BCUT2D eigenvalue weighted by Gasteiger charge is -2.37. The van der Waals surface area contributed by atoms with E-state index in [4.69, 9.17) is 21.2 Å². The van der Waals surface area contributed by atoms with Gasteiger partial charge in [0, 0.05) is 15.6 Å². The molecule has 0 aromatic carbocycles. The van der Waals surface area contributed by atoms with Gasteiger partial charge in [-0.3, -0.25) is 4.79 Å². The van der Waals surface area contributed by atoms with E-state index in [2.05, 4.69) is 6.55 Å². The van der Waals surface area contributed by atoms with Gasteiger partial charge in [-0.05, 0) is 32.6 Å². The van der Waals surface area contributed by atoms with Crippen molar-refractivity contribution in [2.75, 3.05) is 6.61 Å². The van der Waals surface area contributed by atoms with Crippen molar-refractivity contribution in [2.24, 2.45) is 5.92 Å². The summed E-state index contributed by atoms with van der Waals surface area (Å²) in [6, 6.07) is 1.83. The maximum absolute atomic E-state index is 12.2. The third-order valence-corrected chi connectivity index (χ3v) is 19.0. The van der Waals surface area contributed by atoms with E-state index in [1.54, 1.807) is 0 Å². The van der Waals surface area contributed by atoms with Gasteiger partial charge in [0.1, 0.15) is 0 Å². The van der Waals surface area contributed by atoms with Crippen LogP contribution in [0, 0.1) is 5.92 Å². The molecule has 0 aromatic heterocycles. The van der Waals surface area contributed by atoms with Gasteiger partial charge in [-0.15, -0.1) is 0 Å². The standard InChI is InChI=1S/C12H32O6Si5/c1-11(12(13)14-8-7-9-19-2)10-23(6)17-21(4)15-20(3)16-22(5)18-23/h11,20-22H,7-10,19H2,1-6H3. The van der Waals surface area contributed by atoms with E-state index < -0.39 is 36.4 Å². The molecule has 11 heteroatoms. The third kappa shape index (κ3) is 8.35. The first-order valence-corrected chi connectivity index (χ1v) is 19.8. The van der Waals surface area contributed by atoms with E-state index >= 15 is 0 Å². The molecule has 136 valence electrons. The summed E-state index contributed by atoms with van der Waals surface area (Å²) in [5, 5.41) is 0. The van der Waals surface area contributed by atoms with E-state index in [1.807, 2.05) is 33.1 Å². The molecule has 0 saturated carbocycles. The Morgan fingerprint density at radius 2 is 1.74 bits per heavy atom. The Hall–Kier alpha value is 0.394. The predicted molar refractivity (Wildman–Crippen MR) is 104 cm³/mol. The molecule has 1 aliphatic rings. The Balaban J connectivity index is 2.55. The molecule has 0 bridgehead atoms. The van der Waals surface area contributed by atoms with E-state index in [0.717, 1.165) is 6.42 Å². The largest absolute Gasteiger partial charge is 0.465 e. The van der Waals surface area contributed by atoms with Crippen molar-refractivity contribution in [1.82, 2.24) is 0 Å². The zero-order valence-electron chi connectivity index (χ0n) is 15.3. The van der Waals surface area contributed by atoms with Crippen molar-refractivity contribution in [3.63, 3.8) is 0 Å². The molecule has 1 saturated heterocycles. The van der Waals surface area contributed by atoms with Gasteiger partial charge in [-0.2, -0.15) is 0 Å². The lowest BCUT2D eigenvalue weighted by Crippen LogP contribution is -2.54. The van der Waals surface area contributed by atoms with Crippen molar-refractivity contribution >= 4 is 51.9 Å². The average Bonchev–Trinajstić information content (AvgIpc) is 2.40. The van der Waals surface area contributed by atoms with Crippen molar-refractivity contribution in [2.45, 2.75) is 58.2 Å². The highest BCUT2D eigenvalue weighted by Crippen LogP contribution is 2.25. The van der Waals surface area contributed by atoms with Crippen LogP contribution < -0.4 is 0 Å². The molecule has 3 atom stereocenters. The van der Waals surface area contributed by atoms with Crippen LogP contribution in [0.25, 0.3) is 0 Å². The summed E-state index contributed by atoms with van der Waals surface area (Å²) >= 11 is 0. The lowest BCUT2D eigenvalue weighted by molar-refractivity contribution is -0.147. The van der Waals surface area contributed by atoms with Crippen LogP contribution in [0.2, 0.25) is 44.8 Å². The molecular formula is C12H32O6Si5. The molecule has 23 heavy (non-hydrogen) atoms. The molecule has 6 nitrogen and oxygen atoms in total. The number of hydrogen-bond acceptors (Lipinski definition) is 6. The first kappa shape index (κ1) is 21.4. The van der Waals surface area contributed by atoms with Crippen molar-refractivity contribution < 1.29 is 26.0 Å². The van der Waals surface area contributed by atoms with Crippen LogP contribution in [0.3, 0.4) is 0 Å². The normalized spacial score (nSPS) is 34.1. The maximum Gasteiger partial charge on any atom is 0.317 e. The molecule has 0 amide bonds. The summed E-state index contributed by atoms with van der Waals surface area (Å²) in [5.74, 6) is -0.346. The molecule has 0 aliphatic carbocycles. The number of carbonyl (C=O) groups is 1. The highest BCUT2D eigenvalue weighted by atomic mass is 28.5. The van der Waals surface area contributed by atoms with Crippen LogP contribution >= 0.6 is 0 Å². The van der Waals surface area contributed by atoms with Crippen molar-refractivity contribution in [3.8, 4) is 0 Å². The molecule has 1 fully saturated rings. The molecule has 0 spiro atoms. The van der Waals surface area contributed by atoms with Gasteiger partial charge in [0.2, 0.25) is 0 Å². The Morgan fingerprint density at radius 1 is 1.17 bits per heavy atom. The molecule has 1 aliphatic heterocycles. The second kappa shape index (κ2) is 10.4. The van der Waals surface area contributed by atoms with E-state index in [-0.39, 0.29) is 21.4 Å². The van der Waals surface area contributed by atoms with Gasteiger partial charge < -0.3 is 21.2 Å². The van der Waals surface area contributed by atoms with Gasteiger partial charge in [0.15, 0.2) is 0 Å². The summed E-state index contributed by atoms with van der Waals surface area (Å²) in [5.41, 5.74) is 0. The number of hydrogen-bond donors (Lipinski definition) is 0. The highest BCUT2D eigenvalue weighted by molar-refractivity contribution is 6.81. The molecule has 0 aromatic rings. The van der Waals surface area contributed by atoms with Gasteiger partial charge in [0.05, 0.1) is 12.5 Å². The quantitative estimate of drug-likeness (QED) is 0.352. The average molecular weight is 413 g/mol. The molecule has 1 rings (SSSR count). The van der Waals surface area contributed by atoms with Crippen LogP contribution in [-0.4, -0.2) is 58.5 Å². The van der Waals surface area contributed by atoms with Gasteiger partial charge >= 0.3 is 14.5 Å². The second-order valence-corrected chi connectivity index (χ2v) is 18.2. The number of rotatable bonds is 7. The fourth-order valence-electron chi connectivity index (χ4n) is 2.76. The Kier molecular flexibility index (Phi) is 9.69. The fraction of sp³-hybridized carbons (Fsp3) is 0.917. The summed E-state index contributed by atoms with van der Waals surface area (Å²) in [6.07, 6.45) is 0.987. The number of carbonyl (C=O) groups excluding carboxylic acids is 1. The Bertz CT molecular complexity index is 360. The monoisotopic (exact) mass is 412 g/mol. The lowest BCUT2D eigenvalue weighted by atomic mass is 10.2. The Labute approximate surface area is 148 Å². The van der Waals surface area contributed by atoms with Gasteiger partial charge in [-0.25, -0.2) is 0 Å². The van der Waals surface area contributed by atoms with E-state index in [1.165, 1.54) is 6.04 Å².